The number of ether oxygens (including phenoxy) is 1. The van der Waals surface area contributed by atoms with Crippen molar-refractivity contribution in [1.82, 2.24) is 0 Å². The molecule has 2 aromatic carbocycles. The van der Waals surface area contributed by atoms with Crippen LogP contribution in [0.1, 0.15) is 6.92 Å². The molecule has 0 aromatic heterocycles. The van der Waals surface area contributed by atoms with Crippen LogP contribution < -0.4 is 4.90 Å². The van der Waals surface area contributed by atoms with E-state index in [4.69, 9.17) is 8.92 Å². The molecular weight excluding hydrogens is 342 g/mol. The second-order valence-electron chi connectivity index (χ2n) is 5.72. The summed E-state index contributed by atoms with van der Waals surface area (Å²) in [6, 6.07) is 10.5. The van der Waals surface area contributed by atoms with Crippen LogP contribution in [0.2, 0.25) is 0 Å². The summed E-state index contributed by atoms with van der Waals surface area (Å²) in [5.74, 6) is -0.582. The minimum Gasteiger partial charge on any atom is -0.460 e. The van der Waals surface area contributed by atoms with Gasteiger partial charge in [0.25, 0.3) is 10.1 Å². The number of carbonyl (C=O) groups excluding carboxylic acids is 1. The van der Waals surface area contributed by atoms with Crippen LogP contribution in [0.4, 0.5) is 5.69 Å². The summed E-state index contributed by atoms with van der Waals surface area (Å²) in [5, 5.41) is 1.39. The molecule has 2 rings (SSSR count). The fraction of sp³-hybridized carbons (Fsp3) is 0.278. The highest BCUT2D eigenvalue weighted by Gasteiger charge is 2.19. The molecule has 0 heterocycles. The van der Waals surface area contributed by atoms with E-state index in [0.717, 1.165) is 11.1 Å². The van der Waals surface area contributed by atoms with Gasteiger partial charge in [0.2, 0.25) is 0 Å². The Kier molecular flexibility index (Phi) is 5.81. The zero-order chi connectivity index (χ0) is 18.6. The van der Waals surface area contributed by atoms with Gasteiger partial charge in [-0.05, 0) is 19.1 Å². The first kappa shape index (κ1) is 19.0. The molecule has 0 aliphatic carbocycles. The first-order chi connectivity index (χ1) is 11.7. The fourth-order valence-electron chi connectivity index (χ4n) is 2.34. The average molecular weight is 363 g/mol. The summed E-state index contributed by atoms with van der Waals surface area (Å²) in [4.78, 5) is 13.3. The van der Waals surface area contributed by atoms with Crippen molar-refractivity contribution in [2.45, 2.75) is 11.8 Å². The Bertz CT molecular complexity index is 903. The highest BCUT2D eigenvalue weighted by atomic mass is 32.2. The van der Waals surface area contributed by atoms with Gasteiger partial charge in [0.05, 0.1) is 0 Å². The number of nitrogens with zero attached hydrogens (tertiary/aromatic N) is 1. The first-order valence-corrected chi connectivity index (χ1v) is 9.06. The van der Waals surface area contributed by atoms with Gasteiger partial charge in [-0.3, -0.25) is 4.18 Å². The number of hydrogen-bond donors (Lipinski definition) is 0. The quantitative estimate of drug-likeness (QED) is 0.326. The smallest absolute Gasteiger partial charge is 0.333 e. The van der Waals surface area contributed by atoms with Crippen LogP contribution >= 0.6 is 0 Å². The van der Waals surface area contributed by atoms with Gasteiger partial charge in [0.15, 0.2) is 0 Å². The highest BCUT2D eigenvalue weighted by Crippen LogP contribution is 2.30. The standard InChI is InChI=1S/C18H21NO5S/c1-13(2)18(20)23-11-12-24-25(21,22)17-10-6-7-14-15(17)8-5-9-16(14)19(3)4/h5-10H,1,11-12H2,2-4H3. The highest BCUT2D eigenvalue weighted by molar-refractivity contribution is 7.87. The third kappa shape index (κ3) is 4.37. The molecule has 0 unspecified atom stereocenters. The van der Waals surface area contributed by atoms with Crippen LogP contribution in [-0.2, 0) is 23.8 Å². The van der Waals surface area contributed by atoms with E-state index in [2.05, 4.69) is 6.58 Å². The summed E-state index contributed by atoms with van der Waals surface area (Å²) in [5.41, 5.74) is 1.15. The number of carbonyl (C=O) groups is 1. The monoisotopic (exact) mass is 363 g/mol. The molecular formula is C18H21NO5S. The van der Waals surface area contributed by atoms with Crippen molar-refractivity contribution in [3.05, 3.63) is 48.6 Å². The number of benzene rings is 2. The Morgan fingerprint density at radius 1 is 1.08 bits per heavy atom. The zero-order valence-corrected chi connectivity index (χ0v) is 15.3. The van der Waals surface area contributed by atoms with Gasteiger partial charge in [-0.2, -0.15) is 8.42 Å². The van der Waals surface area contributed by atoms with Gasteiger partial charge in [-0.1, -0.05) is 30.8 Å². The lowest BCUT2D eigenvalue weighted by atomic mass is 10.1. The van der Waals surface area contributed by atoms with Crippen LogP contribution in [-0.4, -0.2) is 41.7 Å². The number of anilines is 1. The molecule has 2 aromatic rings. The van der Waals surface area contributed by atoms with Crippen LogP contribution in [0.3, 0.4) is 0 Å². The SMILES string of the molecule is C=C(C)C(=O)OCCOS(=O)(=O)c1cccc2c(N(C)C)cccc12. The van der Waals surface area contributed by atoms with Crippen molar-refractivity contribution in [2.24, 2.45) is 0 Å². The predicted molar refractivity (Wildman–Crippen MR) is 97.2 cm³/mol. The lowest BCUT2D eigenvalue weighted by molar-refractivity contribution is -0.139. The minimum absolute atomic E-state index is 0.0833. The van der Waals surface area contributed by atoms with E-state index in [0.29, 0.717) is 5.39 Å². The molecule has 0 aliphatic rings. The molecule has 0 atom stereocenters. The molecule has 0 fully saturated rings. The second kappa shape index (κ2) is 7.67. The van der Waals surface area contributed by atoms with Gasteiger partial charge in [-0.25, -0.2) is 4.79 Å². The predicted octanol–water partition coefficient (Wildman–Crippen LogP) is 2.73. The van der Waals surface area contributed by atoms with Crippen molar-refractivity contribution >= 4 is 32.5 Å². The molecule has 0 saturated carbocycles. The van der Waals surface area contributed by atoms with Gasteiger partial charge in [-0.15, -0.1) is 0 Å². The van der Waals surface area contributed by atoms with Gasteiger partial charge < -0.3 is 9.64 Å². The Hall–Kier alpha value is -2.38. The van der Waals surface area contributed by atoms with Crippen molar-refractivity contribution in [3.63, 3.8) is 0 Å². The molecule has 0 radical (unpaired) electrons. The molecule has 0 aliphatic heterocycles. The Labute approximate surface area is 147 Å². The molecule has 25 heavy (non-hydrogen) atoms. The summed E-state index contributed by atoms with van der Waals surface area (Å²) in [6.07, 6.45) is 0. The Balaban J connectivity index is 2.24. The largest absolute Gasteiger partial charge is 0.460 e. The molecule has 0 N–H and O–H groups in total. The molecule has 7 heteroatoms. The van der Waals surface area contributed by atoms with Crippen LogP contribution in [0.25, 0.3) is 10.8 Å². The van der Waals surface area contributed by atoms with E-state index in [9.17, 15) is 13.2 Å². The maximum atomic E-state index is 12.5. The van der Waals surface area contributed by atoms with E-state index in [-0.39, 0.29) is 23.7 Å². The molecule has 0 saturated heterocycles. The number of rotatable bonds is 7. The van der Waals surface area contributed by atoms with Gasteiger partial charge >= 0.3 is 5.97 Å². The zero-order valence-electron chi connectivity index (χ0n) is 14.5. The van der Waals surface area contributed by atoms with E-state index >= 15 is 0 Å². The number of hydrogen-bond acceptors (Lipinski definition) is 6. The maximum Gasteiger partial charge on any atom is 0.333 e. The number of fused-ring (bicyclic) bond motifs is 1. The third-order valence-electron chi connectivity index (χ3n) is 3.51. The van der Waals surface area contributed by atoms with Gasteiger partial charge in [0.1, 0.15) is 18.1 Å². The van der Waals surface area contributed by atoms with Crippen molar-refractivity contribution in [3.8, 4) is 0 Å². The van der Waals surface area contributed by atoms with E-state index < -0.39 is 16.1 Å². The van der Waals surface area contributed by atoms with Gasteiger partial charge in [0, 0.05) is 36.1 Å². The van der Waals surface area contributed by atoms with Crippen molar-refractivity contribution < 1.29 is 22.1 Å². The van der Waals surface area contributed by atoms with Crippen molar-refractivity contribution in [2.75, 3.05) is 32.2 Å². The summed E-state index contributed by atoms with van der Waals surface area (Å²) in [6.45, 7) is 4.53. The molecule has 6 nitrogen and oxygen atoms in total. The van der Waals surface area contributed by atoms with Crippen LogP contribution in [0, 0.1) is 0 Å². The normalized spacial score (nSPS) is 11.3. The molecule has 0 bridgehead atoms. The lowest BCUT2D eigenvalue weighted by Crippen LogP contribution is -2.15. The van der Waals surface area contributed by atoms with E-state index in [1.54, 1.807) is 18.2 Å². The molecule has 0 spiro atoms. The first-order valence-electron chi connectivity index (χ1n) is 7.65. The Morgan fingerprint density at radius 3 is 2.36 bits per heavy atom. The third-order valence-corrected chi connectivity index (χ3v) is 4.89. The topological polar surface area (TPSA) is 72.9 Å². The Morgan fingerprint density at radius 2 is 1.72 bits per heavy atom. The van der Waals surface area contributed by atoms with Crippen molar-refractivity contribution in [1.29, 1.82) is 0 Å². The van der Waals surface area contributed by atoms with E-state index in [1.165, 1.54) is 13.0 Å². The number of esters is 1. The summed E-state index contributed by atoms with van der Waals surface area (Å²) < 4.78 is 34.9. The molecule has 0 amide bonds. The average Bonchev–Trinajstić information content (AvgIpc) is 2.57. The lowest BCUT2D eigenvalue weighted by Gasteiger charge is -2.16. The van der Waals surface area contributed by atoms with Crippen LogP contribution in [0.15, 0.2) is 53.4 Å². The maximum absolute atomic E-state index is 12.5. The summed E-state index contributed by atoms with van der Waals surface area (Å²) >= 11 is 0. The van der Waals surface area contributed by atoms with E-state index in [1.807, 2.05) is 31.1 Å². The minimum atomic E-state index is -3.98. The second-order valence-corrected chi connectivity index (χ2v) is 7.30. The summed E-state index contributed by atoms with van der Waals surface area (Å²) in [7, 11) is -0.197. The van der Waals surface area contributed by atoms with Crippen LogP contribution in [0.5, 0.6) is 0 Å². The fourth-order valence-corrected chi connectivity index (χ4v) is 3.44. The molecule has 134 valence electrons.